The first-order valence-corrected chi connectivity index (χ1v) is 6.27. The van der Waals surface area contributed by atoms with Gasteiger partial charge in [0.25, 0.3) is 5.91 Å². The van der Waals surface area contributed by atoms with Crippen molar-refractivity contribution in [2.45, 2.75) is 13.8 Å². The number of hydrogen-bond donors (Lipinski definition) is 1. The zero-order valence-corrected chi connectivity index (χ0v) is 12.0. The largest absolute Gasteiger partial charge is 0.351 e. The molecule has 0 heterocycles. The van der Waals surface area contributed by atoms with Gasteiger partial charge in [-0.15, -0.1) is 0 Å². The summed E-state index contributed by atoms with van der Waals surface area (Å²) in [6, 6.07) is 8.69. The first-order valence-electron chi connectivity index (χ1n) is 6.27. The molecule has 4 heteroatoms. The van der Waals surface area contributed by atoms with Crippen molar-refractivity contribution >= 4 is 5.91 Å². The lowest BCUT2D eigenvalue weighted by atomic mass is 9.93. The Kier molecular flexibility index (Phi) is 5.08. The summed E-state index contributed by atoms with van der Waals surface area (Å²) >= 11 is 0. The van der Waals surface area contributed by atoms with Crippen LogP contribution in [-0.4, -0.2) is 38.0 Å². The molecule has 0 aliphatic rings. The molecule has 1 rings (SSSR count). The molecule has 1 amide bonds. The Morgan fingerprint density at radius 3 is 2.37 bits per heavy atom. The SMILES string of the molecule is CN(C)CC(C)(C)CNC(=O)c1ccc(C#N)cc1. The van der Waals surface area contributed by atoms with E-state index < -0.39 is 0 Å². The normalized spacial score (nSPS) is 11.2. The van der Waals surface area contributed by atoms with Crippen LogP contribution in [0.1, 0.15) is 29.8 Å². The van der Waals surface area contributed by atoms with Gasteiger partial charge in [0.1, 0.15) is 0 Å². The summed E-state index contributed by atoms with van der Waals surface area (Å²) in [6.45, 7) is 5.75. The van der Waals surface area contributed by atoms with E-state index in [-0.39, 0.29) is 11.3 Å². The van der Waals surface area contributed by atoms with E-state index in [1.165, 1.54) is 0 Å². The molecule has 1 N–H and O–H groups in total. The minimum atomic E-state index is -0.101. The fraction of sp³-hybridized carbons (Fsp3) is 0.467. The number of nitrogens with one attached hydrogen (secondary N) is 1. The number of rotatable bonds is 5. The Morgan fingerprint density at radius 2 is 1.89 bits per heavy atom. The number of nitrogens with zero attached hydrogens (tertiary/aromatic N) is 2. The third-order valence-corrected chi connectivity index (χ3v) is 2.75. The average Bonchev–Trinajstić information content (AvgIpc) is 2.34. The molecule has 102 valence electrons. The predicted octanol–water partition coefficient (Wildman–Crippen LogP) is 1.88. The molecule has 0 atom stereocenters. The fourth-order valence-corrected chi connectivity index (χ4v) is 2.03. The van der Waals surface area contributed by atoms with E-state index in [1.807, 2.05) is 20.2 Å². The van der Waals surface area contributed by atoms with Crippen LogP contribution in [0.3, 0.4) is 0 Å². The summed E-state index contributed by atoms with van der Waals surface area (Å²) in [5.74, 6) is -0.101. The molecule has 0 aromatic heterocycles. The summed E-state index contributed by atoms with van der Waals surface area (Å²) in [4.78, 5) is 14.1. The van der Waals surface area contributed by atoms with Crippen LogP contribution >= 0.6 is 0 Å². The van der Waals surface area contributed by atoms with Crippen LogP contribution in [0.15, 0.2) is 24.3 Å². The maximum atomic E-state index is 12.0. The minimum Gasteiger partial charge on any atom is -0.351 e. The third-order valence-electron chi connectivity index (χ3n) is 2.75. The van der Waals surface area contributed by atoms with Crippen LogP contribution in [-0.2, 0) is 0 Å². The molecule has 19 heavy (non-hydrogen) atoms. The van der Waals surface area contributed by atoms with Crippen LogP contribution < -0.4 is 5.32 Å². The van der Waals surface area contributed by atoms with Crippen molar-refractivity contribution in [3.63, 3.8) is 0 Å². The summed E-state index contributed by atoms with van der Waals surface area (Å²) in [5, 5.41) is 11.6. The van der Waals surface area contributed by atoms with Gasteiger partial charge in [0.05, 0.1) is 11.6 Å². The Hall–Kier alpha value is -1.86. The molecular weight excluding hydrogens is 238 g/mol. The maximum Gasteiger partial charge on any atom is 0.251 e. The van der Waals surface area contributed by atoms with Gasteiger partial charge in [-0.05, 0) is 43.8 Å². The Morgan fingerprint density at radius 1 is 1.32 bits per heavy atom. The van der Waals surface area contributed by atoms with Gasteiger partial charge >= 0.3 is 0 Å². The second kappa shape index (κ2) is 6.35. The lowest BCUT2D eigenvalue weighted by Crippen LogP contribution is -2.39. The van der Waals surface area contributed by atoms with E-state index in [0.29, 0.717) is 17.7 Å². The van der Waals surface area contributed by atoms with E-state index in [2.05, 4.69) is 24.1 Å². The molecule has 0 saturated carbocycles. The molecule has 4 nitrogen and oxygen atoms in total. The highest BCUT2D eigenvalue weighted by atomic mass is 16.1. The zero-order valence-electron chi connectivity index (χ0n) is 12.0. The Balaban J connectivity index is 2.58. The van der Waals surface area contributed by atoms with E-state index in [4.69, 9.17) is 5.26 Å². The molecule has 0 aliphatic heterocycles. The molecule has 0 saturated heterocycles. The van der Waals surface area contributed by atoms with Crippen LogP contribution in [0.5, 0.6) is 0 Å². The third kappa shape index (κ3) is 5.11. The average molecular weight is 259 g/mol. The number of hydrogen-bond acceptors (Lipinski definition) is 3. The van der Waals surface area contributed by atoms with Gasteiger partial charge in [-0.25, -0.2) is 0 Å². The highest BCUT2D eigenvalue weighted by Gasteiger charge is 2.20. The molecule has 0 aliphatic carbocycles. The maximum absolute atomic E-state index is 12.0. The van der Waals surface area contributed by atoms with Crippen molar-refractivity contribution in [1.29, 1.82) is 5.26 Å². The molecule has 0 bridgehead atoms. The number of carbonyl (C=O) groups excluding carboxylic acids is 1. The molecule has 0 radical (unpaired) electrons. The van der Waals surface area contributed by atoms with Crippen molar-refractivity contribution in [1.82, 2.24) is 10.2 Å². The van der Waals surface area contributed by atoms with Crippen molar-refractivity contribution in [2.24, 2.45) is 5.41 Å². The number of benzene rings is 1. The smallest absolute Gasteiger partial charge is 0.251 e. The van der Waals surface area contributed by atoms with Gasteiger partial charge < -0.3 is 10.2 Å². The van der Waals surface area contributed by atoms with Crippen LogP contribution in [0.2, 0.25) is 0 Å². The first-order chi connectivity index (χ1) is 8.84. The lowest BCUT2D eigenvalue weighted by Gasteiger charge is -2.28. The van der Waals surface area contributed by atoms with Crippen molar-refractivity contribution in [3.05, 3.63) is 35.4 Å². The molecular formula is C15H21N3O. The van der Waals surface area contributed by atoms with Crippen molar-refractivity contribution in [2.75, 3.05) is 27.2 Å². The molecule has 0 unspecified atom stereocenters. The first kappa shape index (κ1) is 15.2. The van der Waals surface area contributed by atoms with Crippen LogP contribution in [0, 0.1) is 16.7 Å². The molecule has 1 aromatic carbocycles. The van der Waals surface area contributed by atoms with Gasteiger partial charge in [0.15, 0.2) is 0 Å². The monoisotopic (exact) mass is 259 g/mol. The highest BCUT2D eigenvalue weighted by Crippen LogP contribution is 2.14. The summed E-state index contributed by atoms with van der Waals surface area (Å²) < 4.78 is 0. The van der Waals surface area contributed by atoms with Gasteiger partial charge in [-0.2, -0.15) is 5.26 Å². The van der Waals surface area contributed by atoms with Crippen LogP contribution in [0.4, 0.5) is 0 Å². The number of amides is 1. The van der Waals surface area contributed by atoms with Gasteiger partial charge in [0.2, 0.25) is 0 Å². The summed E-state index contributed by atoms with van der Waals surface area (Å²) in [6.07, 6.45) is 0. The standard InChI is InChI=1S/C15H21N3O/c1-15(2,11-18(3)4)10-17-14(19)13-7-5-12(9-16)6-8-13/h5-8H,10-11H2,1-4H3,(H,17,19). The summed E-state index contributed by atoms with van der Waals surface area (Å²) in [5.41, 5.74) is 1.16. The van der Waals surface area contributed by atoms with E-state index in [0.717, 1.165) is 6.54 Å². The topological polar surface area (TPSA) is 56.1 Å². The lowest BCUT2D eigenvalue weighted by molar-refractivity contribution is 0.0929. The van der Waals surface area contributed by atoms with Gasteiger partial charge in [-0.1, -0.05) is 13.8 Å². The zero-order chi connectivity index (χ0) is 14.5. The Labute approximate surface area is 115 Å². The van der Waals surface area contributed by atoms with E-state index >= 15 is 0 Å². The minimum absolute atomic E-state index is 0.0196. The van der Waals surface area contributed by atoms with Crippen LogP contribution in [0.25, 0.3) is 0 Å². The Bertz CT molecular complexity index is 469. The highest BCUT2D eigenvalue weighted by molar-refractivity contribution is 5.94. The molecule has 1 aromatic rings. The van der Waals surface area contributed by atoms with Gasteiger partial charge in [-0.3, -0.25) is 4.79 Å². The fourth-order valence-electron chi connectivity index (χ4n) is 2.03. The quantitative estimate of drug-likeness (QED) is 0.878. The van der Waals surface area contributed by atoms with E-state index in [9.17, 15) is 4.79 Å². The van der Waals surface area contributed by atoms with Gasteiger partial charge in [0, 0.05) is 18.7 Å². The predicted molar refractivity (Wildman–Crippen MR) is 75.8 cm³/mol. The molecule has 0 fully saturated rings. The number of carbonyl (C=O) groups is 1. The second-order valence-electron chi connectivity index (χ2n) is 5.77. The second-order valence-corrected chi connectivity index (χ2v) is 5.77. The van der Waals surface area contributed by atoms with Crippen molar-refractivity contribution in [3.8, 4) is 6.07 Å². The number of nitriles is 1. The summed E-state index contributed by atoms with van der Waals surface area (Å²) in [7, 11) is 4.04. The van der Waals surface area contributed by atoms with E-state index in [1.54, 1.807) is 24.3 Å². The van der Waals surface area contributed by atoms with Crippen molar-refractivity contribution < 1.29 is 4.79 Å². The molecule has 0 spiro atoms.